The molecule has 3 nitrogen and oxygen atoms in total. The SMILES string of the molecule is FC(F)(F)Oc1ccc(-c2coc(=S)[nH]2)cc1. The Hall–Kier alpha value is -1.76. The van der Waals surface area contributed by atoms with E-state index in [2.05, 4.69) is 9.72 Å². The number of ether oxygens (including phenoxy) is 1. The van der Waals surface area contributed by atoms with Crippen molar-refractivity contribution in [1.29, 1.82) is 0 Å². The minimum absolute atomic E-state index is 0.204. The van der Waals surface area contributed by atoms with Gasteiger partial charge in [-0.1, -0.05) is 0 Å². The average molecular weight is 261 g/mol. The zero-order chi connectivity index (χ0) is 12.5. The van der Waals surface area contributed by atoms with E-state index >= 15 is 0 Å². The van der Waals surface area contributed by atoms with E-state index in [0.29, 0.717) is 11.3 Å². The van der Waals surface area contributed by atoms with Crippen LogP contribution in [0.1, 0.15) is 0 Å². The summed E-state index contributed by atoms with van der Waals surface area (Å²) in [5.41, 5.74) is 1.24. The van der Waals surface area contributed by atoms with E-state index in [0.717, 1.165) is 0 Å². The molecule has 0 amide bonds. The second-order valence-electron chi connectivity index (χ2n) is 3.13. The van der Waals surface area contributed by atoms with Crippen molar-refractivity contribution in [3.05, 3.63) is 35.4 Å². The molecule has 0 radical (unpaired) electrons. The Morgan fingerprint density at radius 2 is 1.82 bits per heavy atom. The lowest BCUT2D eigenvalue weighted by atomic mass is 10.2. The Labute approximate surface area is 98.8 Å². The largest absolute Gasteiger partial charge is 0.573 e. The summed E-state index contributed by atoms with van der Waals surface area (Å²) in [6, 6.07) is 5.37. The lowest BCUT2D eigenvalue weighted by Gasteiger charge is -2.08. The van der Waals surface area contributed by atoms with E-state index in [9.17, 15) is 13.2 Å². The summed E-state index contributed by atoms with van der Waals surface area (Å²) in [5, 5.41) is 0. The molecule has 7 heteroatoms. The van der Waals surface area contributed by atoms with Crippen LogP contribution in [0.5, 0.6) is 5.75 Å². The fraction of sp³-hybridized carbons (Fsp3) is 0.100. The molecule has 2 rings (SSSR count). The van der Waals surface area contributed by atoms with E-state index in [4.69, 9.17) is 16.6 Å². The second kappa shape index (κ2) is 4.25. The number of alkyl halides is 3. The van der Waals surface area contributed by atoms with Crippen LogP contribution in [0.2, 0.25) is 0 Å². The second-order valence-corrected chi connectivity index (χ2v) is 3.50. The fourth-order valence-electron chi connectivity index (χ4n) is 1.26. The van der Waals surface area contributed by atoms with Crippen molar-refractivity contribution >= 4 is 12.2 Å². The maximum absolute atomic E-state index is 11.9. The van der Waals surface area contributed by atoms with E-state index in [1.165, 1.54) is 30.5 Å². The standard InChI is InChI=1S/C10H6F3NO2S/c11-10(12,13)16-7-3-1-6(2-4-7)8-5-15-9(17)14-8/h1-5H,(H,14,17). The third-order valence-corrected chi connectivity index (χ3v) is 2.12. The first-order valence-electron chi connectivity index (χ1n) is 4.48. The highest BCUT2D eigenvalue weighted by Gasteiger charge is 2.30. The lowest BCUT2D eigenvalue weighted by molar-refractivity contribution is -0.274. The Kier molecular flexibility index (Phi) is 2.93. The van der Waals surface area contributed by atoms with Gasteiger partial charge >= 0.3 is 6.36 Å². The van der Waals surface area contributed by atoms with Gasteiger partial charge in [0, 0.05) is 5.56 Å². The van der Waals surface area contributed by atoms with Crippen LogP contribution in [-0.4, -0.2) is 11.3 Å². The zero-order valence-electron chi connectivity index (χ0n) is 8.25. The van der Waals surface area contributed by atoms with Gasteiger partial charge < -0.3 is 14.1 Å². The first-order chi connectivity index (χ1) is 7.94. The number of aromatic nitrogens is 1. The van der Waals surface area contributed by atoms with Gasteiger partial charge in [0.1, 0.15) is 12.0 Å². The van der Waals surface area contributed by atoms with E-state index < -0.39 is 6.36 Å². The van der Waals surface area contributed by atoms with Crippen molar-refractivity contribution in [2.75, 3.05) is 0 Å². The normalized spacial score (nSPS) is 11.5. The molecule has 1 heterocycles. The molecule has 90 valence electrons. The number of benzene rings is 1. The summed E-state index contributed by atoms with van der Waals surface area (Å²) in [7, 11) is 0. The third kappa shape index (κ3) is 3.10. The van der Waals surface area contributed by atoms with E-state index in [-0.39, 0.29) is 10.6 Å². The van der Waals surface area contributed by atoms with Gasteiger partial charge in [-0.05, 0) is 36.5 Å². The minimum atomic E-state index is -4.68. The van der Waals surface area contributed by atoms with Gasteiger partial charge in [0.05, 0.1) is 5.69 Å². The number of hydrogen-bond donors (Lipinski definition) is 1. The van der Waals surface area contributed by atoms with Crippen LogP contribution in [0.25, 0.3) is 11.3 Å². The van der Waals surface area contributed by atoms with Crippen LogP contribution in [0.4, 0.5) is 13.2 Å². The van der Waals surface area contributed by atoms with Gasteiger partial charge in [0.2, 0.25) is 0 Å². The molecule has 0 aliphatic heterocycles. The number of H-pyrrole nitrogens is 1. The number of hydrogen-bond acceptors (Lipinski definition) is 3. The molecule has 1 N–H and O–H groups in total. The van der Waals surface area contributed by atoms with Crippen molar-refractivity contribution in [3.63, 3.8) is 0 Å². The van der Waals surface area contributed by atoms with Crippen molar-refractivity contribution in [1.82, 2.24) is 4.98 Å². The van der Waals surface area contributed by atoms with Crippen molar-refractivity contribution < 1.29 is 22.3 Å². The van der Waals surface area contributed by atoms with Crippen molar-refractivity contribution in [2.24, 2.45) is 0 Å². The number of aromatic amines is 1. The summed E-state index contributed by atoms with van der Waals surface area (Å²) in [6.45, 7) is 0. The van der Waals surface area contributed by atoms with Crippen LogP contribution in [-0.2, 0) is 0 Å². The highest BCUT2D eigenvalue weighted by atomic mass is 32.1. The molecule has 1 aromatic carbocycles. The zero-order valence-corrected chi connectivity index (χ0v) is 9.06. The summed E-state index contributed by atoms with van der Waals surface area (Å²) >= 11 is 4.73. The third-order valence-electron chi connectivity index (χ3n) is 1.92. The maximum atomic E-state index is 11.9. The van der Waals surface area contributed by atoms with Gasteiger partial charge in [-0.3, -0.25) is 0 Å². The van der Waals surface area contributed by atoms with Crippen LogP contribution < -0.4 is 4.74 Å². The number of nitrogens with one attached hydrogen (secondary N) is 1. The molecular formula is C10H6F3NO2S. The Morgan fingerprint density at radius 3 is 2.29 bits per heavy atom. The molecule has 0 bridgehead atoms. The minimum Gasteiger partial charge on any atom is -0.437 e. The Bertz CT molecular complexity index is 556. The number of rotatable bonds is 2. The molecule has 0 saturated heterocycles. The van der Waals surface area contributed by atoms with Crippen LogP contribution in [0.15, 0.2) is 34.9 Å². The van der Waals surface area contributed by atoms with Gasteiger partial charge in [-0.25, -0.2) is 0 Å². The summed E-state index contributed by atoms with van der Waals surface area (Å²) in [5.74, 6) is -0.275. The highest BCUT2D eigenvalue weighted by molar-refractivity contribution is 7.71. The smallest absolute Gasteiger partial charge is 0.437 e. The quantitative estimate of drug-likeness (QED) is 0.833. The molecule has 0 aliphatic carbocycles. The average Bonchev–Trinajstić information content (AvgIpc) is 2.63. The van der Waals surface area contributed by atoms with Gasteiger partial charge in [0.25, 0.3) is 4.84 Å². The molecule has 0 spiro atoms. The monoisotopic (exact) mass is 261 g/mol. The maximum Gasteiger partial charge on any atom is 0.573 e. The van der Waals surface area contributed by atoms with E-state index in [1.54, 1.807) is 0 Å². The van der Waals surface area contributed by atoms with Crippen LogP contribution in [0, 0.1) is 4.84 Å². The Morgan fingerprint density at radius 1 is 1.18 bits per heavy atom. The summed E-state index contributed by atoms with van der Waals surface area (Å²) in [6.07, 6.45) is -3.29. The number of halogens is 3. The molecule has 0 fully saturated rings. The molecule has 0 aliphatic rings. The van der Waals surface area contributed by atoms with E-state index in [1.807, 2.05) is 0 Å². The molecule has 0 unspecified atom stereocenters. The lowest BCUT2D eigenvalue weighted by Crippen LogP contribution is -2.16. The molecule has 2 aromatic rings. The Balaban J connectivity index is 2.21. The topological polar surface area (TPSA) is 38.2 Å². The first kappa shape index (κ1) is 11.7. The van der Waals surface area contributed by atoms with Gasteiger partial charge in [-0.2, -0.15) is 0 Å². The summed E-state index contributed by atoms with van der Waals surface area (Å²) in [4.78, 5) is 2.95. The van der Waals surface area contributed by atoms with Gasteiger partial charge in [-0.15, -0.1) is 13.2 Å². The molecule has 0 saturated carbocycles. The predicted molar refractivity (Wildman–Crippen MR) is 56.0 cm³/mol. The fourth-order valence-corrected chi connectivity index (χ4v) is 1.42. The van der Waals surface area contributed by atoms with Crippen molar-refractivity contribution in [3.8, 4) is 17.0 Å². The van der Waals surface area contributed by atoms with Gasteiger partial charge in [0.15, 0.2) is 0 Å². The van der Waals surface area contributed by atoms with Crippen LogP contribution in [0.3, 0.4) is 0 Å². The molecule has 17 heavy (non-hydrogen) atoms. The molecule has 1 aromatic heterocycles. The first-order valence-corrected chi connectivity index (χ1v) is 4.89. The molecular weight excluding hydrogens is 255 g/mol. The van der Waals surface area contributed by atoms with Crippen molar-refractivity contribution in [2.45, 2.75) is 6.36 Å². The summed E-state index contributed by atoms with van der Waals surface area (Å²) < 4.78 is 44.4. The van der Waals surface area contributed by atoms with Crippen LogP contribution >= 0.6 is 12.2 Å². The predicted octanol–water partition coefficient (Wildman–Crippen LogP) is 3.90. The number of oxazole rings is 1. The highest BCUT2D eigenvalue weighted by Crippen LogP contribution is 2.25. The molecule has 0 atom stereocenters.